The highest BCUT2D eigenvalue weighted by Crippen LogP contribution is 2.25. The summed E-state index contributed by atoms with van der Waals surface area (Å²) >= 11 is 3.48. The zero-order valence-corrected chi connectivity index (χ0v) is 13.5. The van der Waals surface area contributed by atoms with Crippen LogP contribution in [0.5, 0.6) is 0 Å². The minimum Gasteiger partial charge on any atom is -0.311 e. The van der Waals surface area contributed by atoms with Crippen LogP contribution in [-0.4, -0.2) is 16.8 Å². The molecular formula is C15H19BrFN3. The number of benzene rings is 1. The second-order valence-corrected chi connectivity index (χ2v) is 5.66. The summed E-state index contributed by atoms with van der Waals surface area (Å²) in [5.41, 5.74) is 3.08. The number of hydrogen-bond donors (Lipinski definition) is 1. The third-order valence-corrected chi connectivity index (χ3v) is 4.14. The van der Waals surface area contributed by atoms with Gasteiger partial charge in [0.25, 0.3) is 0 Å². The number of hydrogen-bond acceptors (Lipinski definition) is 2. The van der Waals surface area contributed by atoms with Crippen LogP contribution in [0.25, 0.3) is 0 Å². The fourth-order valence-electron chi connectivity index (χ4n) is 2.37. The Morgan fingerprint density at radius 3 is 2.80 bits per heavy atom. The van der Waals surface area contributed by atoms with E-state index in [0.717, 1.165) is 28.0 Å². The van der Waals surface area contributed by atoms with Crippen LogP contribution < -0.4 is 5.32 Å². The number of aryl methyl sites for hydroxylation is 2. The van der Waals surface area contributed by atoms with Crippen molar-refractivity contribution in [1.82, 2.24) is 15.1 Å². The first-order valence-corrected chi connectivity index (χ1v) is 7.50. The predicted molar refractivity (Wildman–Crippen MR) is 82.2 cm³/mol. The van der Waals surface area contributed by atoms with Crippen LogP contribution in [-0.2, 0) is 13.0 Å². The Kier molecular flexibility index (Phi) is 4.94. The normalized spacial score (nSPS) is 12.7. The second kappa shape index (κ2) is 6.50. The molecule has 0 saturated carbocycles. The molecular weight excluding hydrogens is 321 g/mol. The van der Waals surface area contributed by atoms with Gasteiger partial charge in [0, 0.05) is 11.0 Å². The highest BCUT2D eigenvalue weighted by atomic mass is 79.9. The van der Waals surface area contributed by atoms with E-state index in [1.165, 1.54) is 6.07 Å². The molecule has 0 aliphatic carbocycles. The van der Waals surface area contributed by atoms with Crippen molar-refractivity contribution in [3.63, 3.8) is 0 Å². The average molecular weight is 340 g/mol. The third kappa shape index (κ3) is 3.27. The maximum atomic E-state index is 13.4. The number of aromatic nitrogens is 2. The molecule has 0 bridgehead atoms. The molecule has 1 N–H and O–H groups in total. The monoisotopic (exact) mass is 339 g/mol. The number of nitrogens with zero attached hydrogens (tertiary/aromatic N) is 2. The molecule has 1 atom stereocenters. The predicted octanol–water partition coefficient (Wildman–Crippen LogP) is 3.62. The van der Waals surface area contributed by atoms with E-state index in [1.807, 2.05) is 18.7 Å². The fraction of sp³-hybridized carbons (Fsp3) is 0.400. The van der Waals surface area contributed by atoms with Crippen molar-refractivity contribution in [3.05, 3.63) is 51.5 Å². The largest absolute Gasteiger partial charge is 0.311 e. The van der Waals surface area contributed by atoms with Crippen molar-refractivity contribution in [2.45, 2.75) is 32.9 Å². The molecule has 1 aromatic heterocycles. The standard InChI is InChI=1S/C15H19BrFN3/c1-4-20-15(7-10(2)19-20)14(18-3)9-11-8-12(17)5-6-13(11)16/h5-8,14,18H,4,9H2,1-3H3. The van der Waals surface area contributed by atoms with Crippen molar-refractivity contribution >= 4 is 15.9 Å². The zero-order valence-electron chi connectivity index (χ0n) is 12.0. The van der Waals surface area contributed by atoms with E-state index in [2.05, 4.69) is 39.3 Å². The lowest BCUT2D eigenvalue weighted by Gasteiger charge is -2.18. The number of likely N-dealkylation sites (N-methyl/N-ethyl adjacent to an activating group) is 1. The average Bonchev–Trinajstić information content (AvgIpc) is 2.80. The van der Waals surface area contributed by atoms with Gasteiger partial charge in [0.1, 0.15) is 5.82 Å². The molecule has 3 nitrogen and oxygen atoms in total. The van der Waals surface area contributed by atoms with Crippen LogP contribution in [0, 0.1) is 12.7 Å². The van der Waals surface area contributed by atoms with Crippen molar-refractivity contribution < 1.29 is 4.39 Å². The van der Waals surface area contributed by atoms with E-state index < -0.39 is 0 Å². The Morgan fingerprint density at radius 1 is 1.40 bits per heavy atom. The van der Waals surface area contributed by atoms with Gasteiger partial charge < -0.3 is 5.32 Å². The van der Waals surface area contributed by atoms with E-state index in [-0.39, 0.29) is 11.9 Å². The van der Waals surface area contributed by atoms with Crippen LogP contribution in [0.4, 0.5) is 4.39 Å². The molecule has 0 amide bonds. The maximum absolute atomic E-state index is 13.4. The van der Waals surface area contributed by atoms with Gasteiger partial charge in [0.2, 0.25) is 0 Å². The molecule has 1 aromatic carbocycles. The first kappa shape index (κ1) is 15.2. The number of nitrogens with one attached hydrogen (secondary N) is 1. The summed E-state index contributed by atoms with van der Waals surface area (Å²) in [6, 6.07) is 6.97. The van der Waals surface area contributed by atoms with Gasteiger partial charge in [-0.25, -0.2) is 4.39 Å². The molecule has 0 aliphatic heterocycles. The Labute approximate surface area is 127 Å². The molecule has 0 spiro atoms. The Morgan fingerprint density at radius 2 is 2.15 bits per heavy atom. The molecule has 2 rings (SSSR count). The Hall–Kier alpha value is -1.20. The summed E-state index contributed by atoms with van der Waals surface area (Å²) in [6.45, 7) is 4.88. The molecule has 5 heteroatoms. The lowest BCUT2D eigenvalue weighted by atomic mass is 10.0. The smallest absolute Gasteiger partial charge is 0.123 e. The summed E-state index contributed by atoms with van der Waals surface area (Å²) in [6.07, 6.45) is 0.708. The van der Waals surface area contributed by atoms with Crippen molar-refractivity contribution in [2.24, 2.45) is 0 Å². The first-order chi connectivity index (χ1) is 9.55. The van der Waals surface area contributed by atoms with Gasteiger partial charge in [-0.05, 0) is 57.1 Å². The second-order valence-electron chi connectivity index (χ2n) is 4.81. The van der Waals surface area contributed by atoms with Gasteiger partial charge in [0.15, 0.2) is 0 Å². The van der Waals surface area contributed by atoms with Crippen molar-refractivity contribution in [1.29, 1.82) is 0 Å². The van der Waals surface area contributed by atoms with E-state index in [9.17, 15) is 4.39 Å². The molecule has 20 heavy (non-hydrogen) atoms. The number of rotatable bonds is 5. The van der Waals surface area contributed by atoms with E-state index >= 15 is 0 Å². The van der Waals surface area contributed by atoms with Crippen molar-refractivity contribution in [2.75, 3.05) is 7.05 Å². The molecule has 0 fully saturated rings. The summed E-state index contributed by atoms with van der Waals surface area (Å²) in [7, 11) is 1.92. The van der Waals surface area contributed by atoms with E-state index in [0.29, 0.717) is 6.42 Å². The Bertz CT molecular complexity index is 595. The fourth-order valence-corrected chi connectivity index (χ4v) is 2.78. The number of halogens is 2. The Balaban J connectivity index is 2.30. The minimum atomic E-state index is -0.210. The lowest BCUT2D eigenvalue weighted by Crippen LogP contribution is -2.22. The van der Waals surface area contributed by atoms with Crippen LogP contribution in [0.15, 0.2) is 28.7 Å². The maximum Gasteiger partial charge on any atom is 0.123 e. The van der Waals surface area contributed by atoms with Gasteiger partial charge in [-0.2, -0.15) is 5.10 Å². The summed E-state index contributed by atoms with van der Waals surface area (Å²) in [5, 5.41) is 7.77. The molecule has 0 radical (unpaired) electrons. The SMILES string of the molecule is CCn1nc(C)cc1C(Cc1cc(F)ccc1Br)NC. The molecule has 0 saturated heterocycles. The van der Waals surface area contributed by atoms with E-state index in [1.54, 1.807) is 12.1 Å². The molecule has 0 aliphatic rings. The minimum absolute atomic E-state index is 0.106. The summed E-state index contributed by atoms with van der Waals surface area (Å²) in [5.74, 6) is -0.210. The van der Waals surface area contributed by atoms with Gasteiger partial charge in [-0.1, -0.05) is 15.9 Å². The first-order valence-electron chi connectivity index (χ1n) is 6.70. The summed E-state index contributed by atoms with van der Waals surface area (Å²) < 4.78 is 16.3. The van der Waals surface area contributed by atoms with Gasteiger partial charge in [-0.15, -0.1) is 0 Å². The van der Waals surface area contributed by atoms with E-state index in [4.69, 9.17) is 0 Å². The van der Waals surface area contributed by atoms with Crippen molar-refractivity contribution in [3.8, 4) is 0 Å². The topological polar surface area (TPSA) is 29.9 Å². The third-order valence-electron chi connectivity index (χ3n) is 3.37. The zero-order chi connectivity index (χ0) is 14.7. The van der Waals surface area contributed by atoms with Crippen LogP contribution in [0.2, 0.25) is 0 Å². The van der Waals surface area contributed by atoms with Crippen LogP contribution in [0.1, 0.15) is 29.9 Å². The van der Waals surface area contributed by atoms with Gasteiger partial charge >= 0.3 is 0 Å². The van der Waals surface area contributed by atoms with Gasteiger partial charge in [-0.3, -0.25) is 4.68 Å². The molecule has 1 unspecified atom stereocenters. The van der Waals surface area contributed by atoms with Crippen LogP contribution >= 0.6 is 15.9 Å². The molecule has 2 aromatic rings. The lowest BCUT2D eigenvalue weighted by molar-refractivity contribution is 0.510. The summed E-state index contributed by atoms with van der Waals surface area (Å²) in [4.78, 5) is 0. The molecule has 108 valence electrons. The quantitative estimate of drug-likeness (QED) is 0.901. The molecule has 1 heterocycles. The van der Waals surface area contributed by atoms with Gasteiger partial charge in [0.05, 0.1) is 17.4 Å². The highest BCUT2D eigenvalue weighted by Gasteiger charge is 2.17. The van der Waals surface area contributed by atoms with Crippen LogP contribution in [0.3, 0.4) is 0 Å². The highest BCUT2D eigenvalue weighted by molar-refractivity contribution is 9.10.